The standard InChI is InChI=1S/C16H18FN3O2S/c1-22-13-5-4-10(8-11(13)17)12-9-23-15(19-12)20-14(21)16(18)6-2-3-7-16/h4-5,8-9H,2-3,6-7,18H2,1H3,(H,19,20,21). The first-order valence-electron chi connectivity index (χ1n) is 7.42. The second-order valence-electron chi connectivity index (χ2n) is 5.70. The maximum absolute atomic E-state index is 13.8. The Morgan fingerprint density at radius 1 is 1.43 bits per heavy atom. The summed E-state index contributed by atoms with van der Waals surface area (Å²) in [6.07, 6.45) is 3.33. The van der Waals surface area contributed by atoms with E-state index in [-0.39, 0.29) is 11.7 Å². The summed E-state index contributed by atoms with van der Waals surface area (Å²) >= 11 is 1.29. The highest BCUT2D eigenvalue weighted by Crippen LogP contribution is 2.31. The molecule has 3 rings (SSSR count). The minimum Gasteiger partial charge on any atom is -0.494 e. The Balaban J connectivity index is 1.75. The van der Waals surface area contributed by atoms with Crippen LogP contribution < -0.4 is 15.8 Å². The van der Waals surface area contributed by atoms with Crippen molar-refractivity contribution in [2.24, 2.45) is 5.73 Å². The van der Waals surface area contributed by atoms with Crippen LogP contribution in [0.15, 0.2) is 23.6 Å². The van der Waals surface area contributed by atoms with Crippen LogP contribution in [0.25, 0.3) is 11.3 Å². The summed E-state index contributed by atoms with van der Waals surface area (Å²) in [5.74, 6) is -0.462. The Labute approximate surface area is 137 Å². The number of carbonyl (C=O) groups excluding carboxylic acids is 1. The first-order chi connectivity index (χ1) is 11.0. The third kappa shape index (κ3) is 3.20. The van der Waals surface area contributed by atoms with Gasteiger partial charge in [-0.3, -0.25) is 4.79 Å². The van der Waals surface area contributed by atoms with Crippen molar-refractivity contribution in [1.29, 1.82) is 0 Å². The van der Waals surface area contributed by atoms with Crippen molar-refractivity contribution in [2.75, 3.05) is 12.4 Å². The zero-order valence-corrected chi connectivity index (χ0v) is 13.6. The highest BCUT2D eigenvalue weighted by Gasteiger charge is 2.37. The molecule has 122 valence electrons. The highest BCUT2D eigenvalue weighted by atomic mass is 32.1. The van der Waals surface area contributed by atoms with Crippen LogP contribution in [-0.4, -0.2) is 23.5 Å². The lowest BCUT2D eigenvalue weighted by atomic mass is 9.98. The second kappa shape index (κ2) is 6.25. The first kappa shape index (κ1) is 15.9. The summed E-state index contributed by atoms with van der Waals surface area (Å²) in [4.78, 5) is 16.6. The van der Waals surface area contributed by atoms with Gasteiger partial charge in [0.1, 0.15) is 0 Å². The van der Waals surface area contributed by atoms with Gasteiger partial charge in [0.05, 0.1) is 18.3 Å². The molecular formula is C16H18FN3O2S. The molecule has 1 aliphatic rings. The number of hydrogen-bond acceptors (Lipinski definition) is 5. The van der Waals surface area contributed by atoms with Gasteiger partial charge in [-0.1, -0.05) is 12.8 Å². The largest absolute Gasteiger partial charge is 0.494 e. The van der Waals surface area contributed by atoms with Gasteiger partial charge < -0.3 is 15.8 Å². The molecule has 3 N–H and O–H groups in total. The monoisotopic (exact) mass is 335 g/mol. The Morgan fingerprint density at radius 2 is 2.17 bits per heavy atom. The number of nitrogens with two attached hydrogens (primary N) is 1. The van der Waals surface area contributed by atoms with E-state index in [9.17, 15) is 9.18 Å². The second-order valence-corrected chi connectivity index (χ2v) is 6.56. The highest BCUT2D eigenvalue weighted by molar-refractivity contribution is 7.14. The third-order valence-corrected chi connectivity index (χ3v) is 4.88. The van der Waals surface area contributed by atoms with E-state index in [0.29, 0.717) is 29.2 Å². The normalized spacial score (nSPS) is 16.3. The van der Waals surface area contributed by atoms with Crippen molar-refractivity contribution >= 4 is 22.4 Å². The number of nitrogens with zero attached hydrogens (tertiary/aromatic N) is 1. The quantitative estimate of drug-likeness (QED) is 0.900. The van der Waals surface area contributed by atoms with Gasteiger partial charge in [-0.25, -0.2) is 9.37 Å². The minimum atomic E-state index is -0.794. The fraction of sp³-hybridized carbons (Fsp3) is 0.375. The number of aromatic nitrogens is 1. The fourth-order valence-electron chi connectivity index (χ4n) is 2.74. The number of methoxy groups -OCH3 is 1. The summed E-state index contributed by atoms with van der Waals surface area (Å²) < 4.78 is 18.7. The molecule has 0 spiro atoms. The van der Waals surface area contributed by atoms with Crippen molar-refractivity contribution in [3.63, 3.8) is 0 Å². The van der Waals surface area contributed by atoms with E-state index >= 15 is 0 Å². The molecule has 1 aromatic heterocycles. The fourth-order valence-corrected chi connectivity index (χ4v) is 3.46. The zero-order valence-electron chi connectivity index (χ0n) is 12.8. The van der Waals surface area contributed by atoms with E-state index < -0.39 is 11.4 Å². The van der Waals surface area contributed by atoms with Crippen LogP contribution >= 0.6 is 11.3 Å². The number of anilines is 1. The predicted molar refractivity (Wildman–Crippen MR) is 88.1 cm³/mol. The summed E-state index contributed by atoms with van der Waals surface area (Å²) in [5.41, 5.74) is 6.56. The van der Waals surface area contributed by atoms with Crippen LogP contribution in [0.4, 0.5) is 9.52 Å². The van der Waals surface area contributed by atoms with E-state index in [1.165, 1.54) is 24.5 Å². The molecule has 1 heterocycles. The van der Waals surface area contributed by atoms with Crippen molar-refractivity contribution < 1.29 is 13.9 Å². The van der Waals surface area contributed by atoms with E-state index in [1.807, 2.05) is 0 Å². The maximum atomic E-state index is 13.8. The van der Waals surface area contributed by atoms with Gasteiger partial charge in [0.2, 0.25) is 5.91 Å². The van der Waals surface area contributed by atoms with Gasteiger partial charge in [-0.2, -0.15) is 0 Å². The molecule has 23 heavy (non-hydrogen) atoms. The lowest BCUT2D eigenvalue weighted by molar-refractivity contribution is -0.121. The molecule has 1 aliphatic carbocycles. The van der Waals surface area contributed by atoms with Crippen LogP contribution in [0.3, 0.4) is 0 Å². The number of hydrogen-bond donors (Lipinski definition) is 2. The maximum Gasteiger partial charge on any atom is 0.246 e. The van der Waals surface area contributed by atoms with Crippen molar-refractivity contribution in [2.45, 2.75) is 31.2 Å². The lowest BCUT2D eigenvalue weighted by Gasteiger charge is -2.21. The topological polar surface area (TPSA) is 77.2 Å². The number of nitrogens with one attached hydrogen (secondary N) is 1. The Bertz CT molecular complexity index is 726. The van der Waals surface area contributed by atoms with E-state index in [1.54, 1.807) is 17.5 Å². The summed E-state index contributed by atoms with van der Waals surface area (Å²) in [6.45, 7) is 0. The SMILES string of the molecule is COc1ccc(-c2csc(NC(=O)C3(N)CCCC3)n2)cc1F. The van der Waals surface area contributed by atoms with E-state index in [0.717, 1.165) is 12.8 Å². The van der Waals surface area contributed by atoms with Gasteiger partial charge in [-0.15, -0.1) is 11.3 Å². The van der Waals surface area contributed by atoms with E-state index in [2.05, 4.69) is 10.3 Å². The lowest BCUT2D eigenvalue weighted by Crippen LogP contribution is -2.48. The molecule has 0 atom stereocenters. The van der Waals surface area contributed by atoms with Crippen molar-refractivity contribution in [3.8, 4) is 17.0 Å². The third-order valence-electron chi connectivity index (χ3n) is 4.12. The molecule has 2 aromatic rings. The molecule has 0 radical (unpaired) electrons. The molecule has 0 saturated heterocycles. The molecule has 1 fully saturated rings. The zero-order chi connectivity index (χ0) is 16.4. The van der Waals surface area contributed by atoms with Crippen molar-refractivity contribution in [3.05, 3.63) is 29.4 Å². The van der Waals surface area contributed by atoms with Crippen molar-refractivity contribution in [1.82, 2.24) is 4.98 Å². The Hall–Kier alpha value is -1.99. The average molecular weight is 335 g/mol. The number of carbonyl (C=O) groups is 1. The average Bonchev–Trinajstić information content (AvgIpc) is 3.17. The van der Waals surface area contributed by atoms with Gasteiger partial charge >= 0.3 is 0 Å². The van der Waals surface area contributed by atoms with Crippen LogP contribution in [0, 0.1) is 5.82 Å². The molecule has 1 amide bonds. The van der Waals surface area contributed by atoms with Gasteiger partial charge in [0, 0.05) is 10.9 Å². The van der Waals surface area contributed by atoms with E-state index in [4.69, 9.17) is 10.5 Å². The molecule has 0 bridgehead atoms. The number of benzene rings is 1. The minimum absolute atomic E-state index is 0.184. The van der Waals surface area contributed by atoms with Crippen LogP contribution in [-0.2, 0) is 4.79 Å². The molecule has 1 saturated carbocycles. The molecule has 7 heteroatoms. The van der Waals surface area contributed by atoms with Gasteiger partial charge in [0.25, 0.3) is 0 Å². The molecule has 0 unspecified atom stereocenters. The summed E-state index contributed by atoms with van der Waals surface area (Å²) in [7, 11) is 1.42. The smallest absolute Gasteiger partial charge is 0.246 e. The summed E-state index contributed by atoms with van der Waals surface area (Å²) in [5, 5.41) is 5.02. The Kier molecular flexibility index (Phi) is 4.32. The molecular weight excluding hydrogens is 317 g/mol. The number of halogens is 1. The first-order valence-corrected chi connectivity index (χ1v) is 8.29. The van der Waals surface area contributed by atoms with Crippen LogP contribution in [0.5, 0.6) is 5.75 Å². The molecule has 0 aliphatic heterocycles. The molecule has 1 aromatic carbocycles. The van der Waals surface area contributed by atoms with Gasteiger partial charge in [-0.05, 0) is 31.0 Å². The number of thiazole rings is 1. The summed E-state index contributed by atoms with van der Waals surface area (Å²) in [6, 6.07) is 4.64. The number of amides is 1. The predicted octanol–water partition coefficient (Wildman–Crippen LogP) is 3.17. The van der Waals surface area contributed by atoms with Gasteiger partial charge in [0.15, 0.2) is 16.7 Å². The number of rotatable bonds is 4. The Morgan fingerprint density at radius 3 is 2.83 bits per heavy atom. The molecule has 5 nitrogen and oxygen atoms in total. The van der Waals surface area contributed by atoms with Crippen LogP contribution in [0.1, 0.15) is 25.7 Å². The van der Waals surface area contributed by atoms with Crippen LogP contribution in [0.2, 0.25) is 0 Å². The number of ether oxygens (including phenoxy) is 1.